The van der Waals surface area contributed by atoms with E-state index in [1.807, 2.05) is 12.1 Å². The van der Waals surface area contributed by atoms with E-state index >= 15 is 0 Å². The largest absolute Gasteiger partial charge is 0.358 e. The molecule has 1 heterocycles. The SMILES string of the molecule is O=C1CCc2[nH]c(-c3cccc(F)c3)cc21. The van der Waals surface area contributed by atoms with E-state index in [9.17, 15) is 9.18 Å². The summed E-state index contributed by atoms with van der Waals surface area (Å²) in [7, 11) is 0. The Morgan fingerprint density at radius 2 is 2.06 bits per heavy atom. The number of benzene rings is 1. The molecule has 0 saturated heterocycles. The van der Waals surface area contributed by atoms with Crippen LogP contribution in [0.15, 0.2) is 30.3 Å². The summed E-state index contributed by atoms with van der Waals surface area (Å²) in [5.74, 6) is -0.0903. The van der Waals surface area contributed by atoms with Crippen LogP contribution < -0.4 is 0 Å². The zero-order valence-corrected chi connectivity index (χ0v) is 8.59. The lowest BCUT2D eigenvalue weighted by molar-refractivity contribution is 0.0994. The van der Waals surface area contributed by atoms with Crippen LogP contribution in [0.2, 0.25) is 0 Å². The smallest absolute Gasteiger partial charge is 0.165 e. The number of carbonyl (C=O) groups is 1. The summed E-state index contributed by atoms with van der Waals surface area (Å²) in [5.41, 5.74) is 3.34. The molecule has 0 spiro atoms. The van der Waals surface area contributed by atoms with Gasteiger partial charge < -0.3 is 4.98 Å². The molecule has 1 N–H and O–H groups in total. The van der Waals surface area contributed by atoms with Crippen LogP contribution in [-0.4, -0.2) is 10.8 Å². The fourth-order valence-electron chi connectivity index (χ4n) is 2.13. The van der Waals surface area contributed by atoms with Crippen molar-refractivity contribution in [2.24, 2.45) is 0 Å². The van der Waals surface area contributed by atoms with E-state index < -0.39 is 0 Å². The Labute approximate surface area is 92.1 Å². The molecule has 0 atom stereocenters. The first-order chi connectivity index (χ1) is 7.74. The van der Waals surface area contributed by atoms with Crippen LogP contribution in [0.25, 0.3) is 11.3 Å². The van der Waals surface area contributed by atoms with Gasteiger partial charge >= 0.3 is 0 Å². The van der Waals surface area contributed by atoms with Crippen LogP contribution in [0.5, 0.6) is 0 Å². The van der Waals surface area contributed by atoms with E-state index in [-0.39, 0.29) is 11.6 Å². The Morgan fingerprint density at radius 3 is 2.81 bits per heavy atom. The Balaban J connectivity index is 2.08. The Kier molecular flexibility index (Phi) is 1.93. The molecular formula is C13H10FNO. The third kappa shape index (κ3) is 1.36. The summed E-state index contributed by atoms with van der Waals surface area (Å²) < 4.78 is 13.1. The van der Waals surface area contributed by atoms with Gasteiger partial charge in [0.1, 0.15) is 5.82 Å². The van der Waals surface area contributed by atoms with Crippen molar-refractivity contribution in [3.05, 3.63) is 47.4 Å². The van der Waals surface area contributed by atoms with E-state index in [2.05, 4.69) is 4.98 Å². The maximum atomic E-state index is 13.1. The molecule has 3 heteroatoms. The zero-order chi connectivity index (χ0) is 11.1. The highest BCUT2D eigenvalue weighted by Gasteiger charge is 2.22. The number of nitrogens with one attached hydrogen (secondary N) is 1. The van der Waals surface area contributed by atoms with Gasteiger partial charge in [0.15, 0.2) is 5.78 Å². The third-order valence-electron chi connectivity index (χ3n) is 2.94. The number of hydrogen-bond acceptors (Lipinski definition) is 1. The molecule has 1 aromatic carbocycles. The third-order valence-corrected chi connectivity index (χ3v) is 2.94. The van der Waals surface area contributed by atoms with Crippen molar-refractivity contribution >= 4 is 5.78 Å². The van der Waals surface area contributed by atoms with Crippen LogP contribution >= 0.6 is 0 Å². The average Bonchev–Trinajstić information content (AvgIpc) is 2.81. The van der Waals surface area contributed by atoms with Gasteiger partial charge in [-0.25, -0.2) is 4.39 Å². The average molecular weight is 215 g/mol. The van der Waals surface area contributed by atoms with Gasteiger partial charge in [-0.15, -0.1) is 0 Å². The van der Waals surface area contributed by atoms with Crippen LogP contribution in [0.3, 0.4) is 0 Å². The molecular weight excluding hydrogens is 205 g/mol. The molecule has 0 amide bonds. The van der Waals surface area contributed by atoms with Gasteiger partial charge in [-0.2, -0.15) is 0 Å². The Bertz CT molecular complexity index is 571. The van der Waals surface area contributed by atoms with Crippen molar-refractivity contribution in [1.82, 2.24) is 4.98 Å². The minimum absolute atomic E-state index is 0.175. The van der Waals surface area contributed by atoms with Crippen molar-refractivity contribution in [2.45, 2.75) is 12.8 Å². The molecule has 1 aliphatic carbocycles. The first kappa shape index (κ1) is 9.33. The minimum atomic E-state index is -0.265. The van der Waals surface area contributed by atoms with Gasteiger partial charge in [-0.1, -0.05) is 12.1 Å². The topological polar surface area (TPSA) is 32.9 Å². The maximum absolute atomic E-state index is 13.1. The summed E-state index contributed by atoms with van der Waals surface area (Å²) in [6.45, 7) is 0. The number of ketones is 1. The lowest BCUT2D eigenvalue weighted by Crippen LogP contribution is -1.88. The first-order valence-electron chi connectivity index (χ1n) is 5.25. The summed E-state index contributed by atoms with van der Waals surface area (Å²) >= 11 is 0. The fraction of sp³-hybridized carbons (Fsp3) is 0.154. The number of halogens is 1. The standard InChI is InChI=1S/C13H10FNO/c14-9-3-1-2-8(6-9)12-7-10-11(15-12)4-5-13(10)16/h1-3,6-7,15H,4-5H2. The molecule has 0 bridgehead atoms. The second-order valence-electron chi connectivity index (χ2n) is 4.01. The first-order valence-corrected chi connectivity index (χ1v) is 5.25. The van der Waals surface area contributed by atoms with E-state index in [0.717, 1.165) is 28.9 Å². The van der Waals surface area contributed by atoms with Crippen LogP contribution in [-0.2, 0) is 6.42 Å². The predicted octanol–water partition coefficient (Wildman–Crippen LogP) is 2.95. The minimum Gasteiger partial charge on any atom is -0.358 e. The van der Waals surface area contributed by atoms with E-state index in [1.54, 1.807) is 6.07 Å². The fourth-order valence-corrected chi connectivity index (χ4v) is 2.13. The van der Waals surface area contributed by atoms with Crippen molar-refractivity contribution in [1.29, 1.82) is 0 Å². The number of rotatable bonds is 1. The molecule has 16 heavy (non-hydrogen) atoms. The highest BCUT2D eigenvalue weighted by molar-refractivity contribution is 6.01. The highest BCUT2D eigenvalue weighted by atomic mass is 19.1. The van der Waals surface area contributed by atoms with E-state index in [0.29, 0.717) is 6.42 Å². The number of aryl methyl sites for hydroxylation is 1. The number of H-pyrrole nitrogens is 1. The van der Waals surface area contributed by atoms with Crippen LogP contribution in [0.1, 0.15) is 22.5 Å². The molecule has 1 aliphatic rings. The molecule has 80 valence electrons. The number of aromatic nitrogens is 1. The molecule has 2 aromatic rings. The van der Waals surface area contributed by atoms with Crippen molar-refractivity contribution in [2.75, 3.05) is 0 Å². The molecule has 0 fully saturated rings. The summed E-state index contributed by atoms with van der Waals surface area (Å²) in [6, 6.07) is 8.18. The van der Waals surface area contributed by atoms with Crippen molar-refractivity contribution < 1.29 is 9.18 Å². The molecule has 0 saturated carbocycles. The summed E-state index contributed by atoms with van der Waals surface area (Å²) in [5, 5.41) is 0. The van der Waals surface area contributed by atoms with Gasteiger partial charge in [0.25, 0.3) is 0 Å². The van der Waals surface area contributed by atoms with Gasteiger partial charge in [0.05, 0.1) is 0 Å². The van der Waals surface area contributed by atoms with E-state index in [1.165, 1.54) is 12.1 Å². The summed E-state index contributed by atoms with van der Waals surface area (Å²) in [4.78, 5) is 14.7. The normalized spacial score (nSPS) is 14.2. The Hall–Kier alpha value is -1.90. The van der Waals surface area contributed by atoms with Crippen molar-refractivity contribution in [3.8, 4) is 11.3 Å². The number of Topliss-reactive ketones (excluding diaryl/α,β-unsaturated/α-hetero) is 1. The highest BCUT2D eigenvalue weighted by Crippen LogP contribution is 2.28. The molecule has 3 rings (SSSR count). The van der Waals surface area contributed by atoms with Gasteiger partial charge in [-0.05, 0) is 24.6 Å². The second kappa shape index (κ2) is 3.30. The monoisotopic (exact) mass is 215 g/mol. The van der Waals surface area contributed by atoms with Gasteiger partial charge in [0, 0.05) is 28.9 Å². The number of hydrogen-bond donors (Lipinski definition) is 1. The molecule has 0 aliphatic heterocycles. The molecule has 2 nitrogen and oxygen atoms in total. The zero-order valence-electron chi connectivity index (χ0n) is 8.59. The number of aromatic amines is 1. The summed E-state index contributed by atoms with van der Waals surface area (Å²) in [6.07, 6.45) is 1.36. The maximum Gasteiger partial charge on any atom is 0.165 e. The van der Waals surface area contributed by atoms with Crippen LogP contribution in [0, 0.1) is 5.82 Å². The van der Waals surface area contributed by atoms with Gasteiger partial charge in [-0.3, -0.25) is 4.79 Å². The molecule has 0 radical (unpaired) electrons. The number of carbonyl (C=O) groups excluding carboxylic acids is 1. The van der Waals surface area contributed by atoms with Crippen LogP contribution in [0.4, 0.5) is 4.39 Å². The quantitative estimate of drug-likeness (QED) is 0.779. The molecule has 1 aromatic heterocycles. The second-order valence-corrected chi connectivity index (χ2v) is 4.01. The lowest BCUT2D eigenvalue weighted by atomic mass is 10.1. The van der Waals surface area contributed by atoms with Crippen molar-refractivity contribution in [3.63, 3.8) is 0 Å². The van der Waals surface area contributed by atoms with Gasteiger partial charge in [0.2, 0.25) is 0 Å². The Morgan fingerprint density at radius 1 is 1.19 bits per heavy atom. The van der Waals surface area contributed by atoms with E-state index in [4.69, 9.17) is 0 Å². The molecule has 0 unspecified atom stereocenters. The predicted molar refractivity (Wildman–Crippen MR) is 58.8 cm³/mol. The number of fused-ring (bicyclic) bond motifs is 1. The lowest BCUT2D eigenvalue weighted by Gasteiger charge is -1.98.